The fourth-order valence-electron chi connectivity index (χ4n) is 1.88. The van der Waals surface area contributed by atoms with E-state index in [4.69, 9.17) is 21.1 Å². The number of aliphatic hydroxyl groups is 4. The second kappa shape index (κ2) is 6.82. The van der Waals surface area contributed by atoms with Gasteiger partial charge in [-0.15, -0.1) is 0 Å². The van der Waals surface area contributed by atoms with E-state index in [0.717, 1.165) is 0 Å². The molecule has 6 nitrogen and oxygen atoms in total. The summed E-state index contributed by atoms with van der Waals surface area (Å²) < 4.78 is 10.7. The molecule has 1 fully saturated rings. The van der Waals surface area contributed by atoms with E-state index in [9.17, 15) is 20.4 Å². The highest BCUT2D eigenvalue weighted by molar-refractivity contribution is 6.30. The summed E-state index contributed by atoms with van der Waals surface area (Å²) in [6, 6.07) is 6.70. The third-order valence-electron chi connectivity index (χ3n) is 3.12. The Morgan fingerprint density at radius 2 is 1.30 bits per heavy atom. The average molecular weight is 305 g/mol. The molecule has 1 unspecified atom stereocenters. The Kier molecular flexibility index (Phi) is 5.34. The van der Waals surface area contributed by atoms with E-state index < -0.39 is 30.7 Å². The maximum Gasteiger partial charge on any atom is 0.184 e. The van der Waals surface area contributed by atoms with Gasteiger partial charge in [0.25, 0.3) is 0 Å². The van der Waals surface area contributed by atoms with Crippen LogP contribution in [-0.2, 0) is 9.47 Å². The number of hydrogen-bond donors (Lipinski definition) is 4. The summed E-state index contributed by atoms with van der Waals surface area (Å²) in [6.45, 7) is -0.476. The van der Waals surface area contributed by atoms with Crippen molar-refractivity contribution in [2.24, 2.45) is 0 Å². The van der Waals surface area contributed by atoms with Crippen LogP contribution in [0.15, 0.2) is 24.3 Å². The molecule has 4 N–H and O–H groups in total. The van der Waals surface area contributed by atoms with Crippen LogP contribution in [0.3, 0.4) is 0 Å². The molecule has 1 heterocycles. The molecular weight excluding hydrogens is 288 g/mol. The van der Waals surface area contributed by atoms with E-state index in [1.165, 1.54) is 0 Å². The van der Waals surface area contributed by atoms with Gasteiger partial charge in [0.05, 0.1) is 13.2 Å². The fourth-order valence-corrected chi connectivity index (χ4v) is 2.01. The normalized spacial score (nSPS) is 36.0. The monoisotopic (exact) mass is 304 g/mol. The van der Waals surface area contributed by atoms with Crippen molar-refractivity contribution in [3.05, 3.63) is 34.9 Å². The van der Waals surface area contributed by atoms with Gasteiger partial charge in [0.15, 0.2) is 6.29 Å². The van der Waals surface area contributed by atoms with Gasteiger partial charge in [0.2, 0.25) is 0 Å². The minimum Gasteiger partial charge on any atom is -0.388 e. The molecule has 0 aromatic heterocycles. The summed E-state index contributed by atoms with van der Waals surface area (Å²) >= 11 is 5.79. The van der Waals surface area contributed by atoms with Crippen molar-refractivity contribution in [3.63, 3.8) is 0 Å². The van der Waals surface area contributed by atoms with Crippen molar-refractivity contribution in [3.8, 4) is 0 Å². The summed E-state index contributed by atoms with van der Waals surface area (Å²) in [6.07, 6.45) is -6.48. The predicted molar refractivity (Wildman–Crippen MR) is 70.1 cm³/mol. The first kappa shape index (κ1) is 15.7. The smallest absolute Gasteiger partial charge is 0.184 e. The predicted octanol–water partition coefficient (Wildman–Crippen LogP) is -0.171. The summed E-state index contributed by atoms with van der Waals surface area (Å²) in [5, 5.41) is 39.2. The molecule has 1 aromatic rings. The van der Waals surface area contributed by atoms with E-state index in [-0.39, 0.29) is 13.2 Å². The molecule has 1 aliphatic heterocycles. The molecule has 112 valence electrons. The van der Waals surface area contributed by atoms with Crippen LogP contribution < -0.4 is 0 Å². The lowest BCUT2D eigenvalue weighted by molar-refractivity contribution is -0.170. The van der Waals surface area contributed by atoms with Crippen LogP contribution >= 0.6 is 11.6 Å². The number of ether oxygens (including phenoxy) is 2. The zero-order valence-electron chi connectivity index (χ0n) is 10.6. The SMILES string of the molecule is O[C@H]1[C@H](O)[C@@H](O)COC(c2ccc(Cl)cc2)OC[C@H]1O. The van der Waals surface area contributed by atoms with Crippen LogP contribution in [0.25, 0.3) is 0 Å². The zero-order chi connectivity index (χ0) is 14.7. The van der Waals surface area contributed by atoms with Gasteiger partial charge in [0, 0.05) is 10.6 Å². The third kappa shape index (κ3) is 3.67. The Bertz CT molecular complexity index is 407. The van der Waals surface area contributed by atoms with Crippen molar-refractivity contribution >= 4 is 11.6 Å². The van der Waals surface area contributed by atoms with Gasteiger partial charge in [0.1, 0.15) is 24.4 Å². The van der Waals surface area contributed by atoms with E-state index in [1.54, 1.807) is 24.3 Å². The lowest BCUT2D eigenvalue weighted by Gasteiger charge is -2.23. The van der Waals surface area contributed by atoms with E-state index in [0.29, 0.717) is 10.6 Å². The minimum absolute atomic E-state index is 0.238. The first-order valence-electron chi connectivity index (χ1n) is 6.20. The van der Waals surface area contributed by atoms with Crippen molar-refractivity contribution in [1.29, 1.82) is 0 Å². The Morgan fingerprint density at radius 3 is 1.75 bits per heavy atom. The van der Waals surface area contributed by atoms with E-state index in [1.807, 2.05) is 0 Å². The number of hydrogen-bond acceptors (Lipinski definition) is 6. The highest BCUT2D eigenvalue weighted by Gasteiger charge is 2.33. The Balaban J connectivity index is 2.13. The lowest BCUT2D eigenvalue weighted by Crippen LogP contribution is -2.46. The second-order valence-electron chi connectivity index (χ2n) is 4.67. The number of halogens is 1. The van der Waals surface area contributed by atoms with Gasteiger partial charge in [-0.05, 0) is 12.1 Å². The molecule has 0 spiro atoms. The summed E-state index contributed by atoms with van der Waals surface area (Å²) in [5.74, 6) is 0. The number of rotatable bonds is 1. The third-order valence-corrected chi connectivity index (χ3v) is 3.37. The van der Waals surface area contributed by atoms with Gasteiger partial charge < -0.3 is 29.9 Å². The standard InChI is InChI=1S/C13H17ClO6/c14-8-3-1-7(2-4-8)13-19-5-9(15)11(17)12(18)10(16)6-20-13/h1-4,9-13,15-18H,5-6H2/t9-,10+,11-,12-,13?/m1/s1. The molecule has 0 bridgehead atoms. The van der Waals surface area contributed by atoms with Gasteiger partial charge in [-0.3, -0.25) is 0 Å². The highest BCUT2D eigenvalue weighted by Crippen LogP contribution is 2.24. The Morgan fingerprint density at radius 1 is 0.850 bits per heavy atom. The van der Waals surface area contributed by atoms with Crippen molar-refractivity contribution < 1.29 is 29.9 Å². The Hall–Kier alpha value is -0.730. The summed E-state index contributed by atoms with van der Waals surface area (Å²) in [5.41, 5.74) is 0.652. The molecule has 0 aliphatic carbocycles. The first-order valence-corrected chi connectivity index (χ1v) is 6.58. The number of aliphatic hydroxyl groups excluding tert-OH is 4. The molecule has 1 aromatic carbocycles. The molecule has 1 saturated heterocycles. The quantitative estimate of drug-likeness (QED) is 0.575. The van der Waals surface area contributed by atoms with Crippen LogP contribution in [0.1, 0.15) is 11.9 Å². The van der Waals surface area contributed by atoms with Crippen LogP contribution in [-0.4, -0.2) is 58.1 Å². The van der Waals surface area contributed by atoms with Crippen molar-refractivity contribution in [2.45, 2.75) is 30.7 Å². The first-order chi connectivity index (χ1) is 9.49. The Labute approximate surface area is 121 Å². The van der Waals surface area contributed by atoms with Gasteiger partial charge in [-0.1, -0.05) is 23.7 Å². The van der Waals surface area contributed by atoms with Crippen LogP contribution in [0.2, 0.25) is 5.02 Å². The average Bonchev–Trinajstić information content (AvgIpc) is 2.49. The zero-order valence-corrected chi connectivity index (χ0v) is 11.3. The van der Waals surface area contributed by atoms with E-state index >= 15 is 0 Å². The topological polar surface area (TPSA) is 99.4 Å². The summed E-state index contributed by atoms with van der Waals surface area (Å²) in [7, 11) is 0. The molecule has 5 atom stereocenters. The second-order valence-corrected chi connectivity index (χ2v) is 5.10. The van der Waals surface area contributed by atoms with Crippen molar-refractivity contribution in [1.82, 2.24) is 0 Å². The molecule has 1 aliphatic rings. The van der Waals surface area contributed by atoms with Gasteiger partial charge >= 0.3 is 0 Å². The molecule has 0 radical (unpaired) electrons. The molecule has 7 heteroatoms. The fraction of sp³-hybridized carbons (Fsp3) is 0.538. The van der Waals surface area contributed by atoms with Crippen LogP contribution in [0.5, 0.6) is 0 Å². The lowest BCUT2D eigenvalue weighted by atomic mass is 10.0. The van der Waals surface area contributed by atoms with Gasteiger partial charge in [-0.25, -0.2) is 0 Å². The molecular formula is C13H17ClO6. The number of benzene rings is 1. The molecule has 0 saturated carbocycles. The molecule has 0 amide bonds. The largest absolute Gasteiger partial charge is 0.388 e. The minimum atomic E-state index is -1.50. The maximum atomic E-state index is 9.68. The van der Waals surface area contributed by atoms with Crippen LogP contribution in [0.4, 0.5) is 0 Å². The highest BCUT2D eigenvalue weighted by atomic mass is 35.5. The maximum absolute atomic E-state index is 9.68. The van der Waals surface area contributed by atoms with Crippen molar-refractivity contribution in [2.75, 3.05) is 13.2 Å². The van der Waals surface area contributed by atoms with E-state index in [2.05, 4.69) is 0 Å². The molecule has 2 rings (SSSR count). The summed E-state index contributed by atoms with van der Waals surface area (Å²) in [4.78, 5) is 0. The molecule has 20 heavy (non-hydrogen) atoms. The van der Waals surface area contributed by atoms with Crippen LogP contribution in [0, 0.1) is 0 Å². The van der Waals surface area contributed by atoms with Gasteiger partial charge in [-0.2, -0.15) is 0 Å².